The second kappa shape index (κ2) is 4.46. The SMILES string of the molecule is Cc1cc(O)cc(C)c1-c1nc(N)nc(N)c1C#N. The van der Waals surface area contributed by atoms with Gasteiger partial charge in [-0.05, 0) is 37.1 Å². The molecule has 0 aliphatic heterocycles. The third kappa shape index (κ3) is 2.13. The topological polar surface area (TPSA) is 122 Å². The van der Waals surface area contributed by atoms with Gasteiger partial charge in [0.15, 0.2) is 0 Å². The fourth-order valence-electron chi connectivity index (χ4n) is 2.10. The second-order valence-electron chi connectivity index (χ2n) is 4.26. The van der Waals surface area contributed by atoms with E-state index in [2.05, 4.69) is 9.97 Å². The molecule has 1 aromatic carbocycles. The molecule has 5 N–H and O–H groups in total. The Labute approximate surface area is 110 Å². The van der Waals surface area contributed by atoms with Crippen molar-refractivity contribution in [2.75, 3.05) is 11.5 Å². The number of nitriles is 1. The highest BCUT2D eigenvalue weighted by molar-refractivity contribution is 5.77. The molecule has 1 aromatic heterocycles. The predicted octanol–water partition coefficient (Wildman–Crippen LogP) is 1.50. The van der Waals surface area contributed by atoms with Gasteiger partial charge in [0.05, 0.1) is 5.69 Å². The molecule has 0 spiro atoms. The van der Waals surface area contributed by atoms with Crippen LogP contribution in [0.2, 0.25) is 0 Å². The van der Waals surface area contributed by atoms with Crippen LogP contribution in [0.1, 0.15) is 16.7 Å². The van der Waals surface area contributed by atoms with Crippen LogP contribution in [-0.2, 0) is 0 Å². The molecule has 0 bridgehead atoms. The molecule has 6 heteroatoms. The molecule has 0 unspecified atom stereocenters. The number of rotatable bonds is 1. The number of nitrogen functional groups attached to an aromatic ring is 2. The van der Waals surface area contributed by atoms with Crippen molar-refractivity contribution in [1.29, 1.82) is 5.26 Å². The second-order valence-corrected chi connectivity index (χ2v) is 4.26. The molecule has 0 saturated carbocycles. The Kier molecular flexibility index (Phi) is 2.97. The highest BCUT2D eigenvalue weighted by atomic mass is 16.3. The molecule has 0 radical (unpaired) electrons. The van der Waals surface area contributed by atoms with Crippen LogP contribution in [0, 0.1) is 25.2 Å². The zero-order chi connectivity index (χ0) is 14.2. The summed E-state index contributed by atoms with van der Waals surface area (Å²) < 4.78 is 0. The van der Waals surface area contributed by atoms with Gasteiger partial charge in [0, 0.05) is 5.56 Å². The third-order valence-electron chi connectivity index (χ3n) is 2.82. The molecule has 6 nitrogen and oxygen atoms in total. The summed E-state index contributed by atoms with van der Waals surface area (Å²) in [6, 6.07) is 5.18. The Morgan fingerprint density at radius 1 is 1.16 bits per heavy atom. The van der Waals surface area contributed by atoms with Gasteiger partial charge in [0.25, 0.3) is 0 Å². The van der Waals surface area contributed by atoms with E-state index in [1.165, 1.54) is 0 Å². The van der Waals surface area contributed by atoms with E-state index in [9.17, 15) is 10.4 Å². The molecule has 0 saturated heterocycles. The number of phenols is 1. The molecule has 0 amide bonds. The maximum atomic E-state index is 9.55. The lowest BCUT2D eigenvalue weighted by Crippen LogP contribution is -2.06. The zero-order valence-electron chi connectivity index (χ0n) is 10.6. The van der Waals surface area contributed by atoms with Crippen LogP contribution in [0.15, 0.2) is 12.1 Å². The van der Waals surface area contributed by atoms with E-state index in [-0.39, 0.29) is 23.1 Å². The number of aromatic hydroxyl groups is 1. The minimum Gasteiger partial charge on any atom is -0.508 e. The van der Waals surface area contributed by atoms with Crippen LogP contribution in [0.25, 0.3) is 11.3 Å². The molecular formula is C13H13N5O. The van der Waals surface area contributed by atoms with Crippen LogP contribution in [0.5, 0.6) is 5.75 Å². The first-order valence-electron chi connectivity index (χ1n) is 5.57. The van der Waals surface area contributed by atoms with Crippen LogP contribution in [-0.4, -0.2) is 15.1 Å². The molecule has 0 aliphatic rings. The van der Waals surface area contributed by atoms with Gasteiger partial charge in [-0.25, -0.2) is 4.98 Å². The van der Waals surface area contributed by atoms with Gasteiger partial charge in [0.2, 0.25) is 5.95 Å². The number of nitrogens with zero attached hydrogens (tertiary/aromatic N) is 3. The lowest BCUT2D eigenvalue weighted by Gasteiger charge is -2.12. The van der Waals surface area contributed by atoms with E-state index in [0.29, 0.717) is 5.69 Å². The van der Waals surface area contributed by atoms with Gasteiger partial charge >= 0.3 is 0 Å². The summed E-state index contributed by atoms with van der Waals surface area (Å²) in [6.07, 6.45) is 0. The fourth-order valence-corrected chi connectivity index (χ4v) is 2.10. The molecule has 96 valence electrons. The summed E-state index contributed by atoms with van der Waals surface area (Å²) in [5.74, 6) is 0.225. The van der Waals surface area contributed by atoms with E-state index in [0.717, 1.165) is 16.7 Å². The quantitative estimate of drug-likeness (QED) is 0.709. The van der Waals surface area contributed by atoms with E-state index in [1.54, 1.807) is 12.1 Å². The lowest BCUT2D eigenvalue weighted by molar-refractivity contribution is 0.474. The lowest BCUT2D eigenvalue weighted by atomic mass is 9.96. The number of hydrogen-bond acceptors (Lipinski definition) is 6. The Balaban J connectivity index is 2.84. The first-order valence-corrected chi connectivity index (χ1v) is 5.57. The predicted molar refractivity (Wildman–Crippen MR) is 72.1 cm³/mol. The number of anilines is 2. The van der Waals surface area contributed by atoms with Crippen LogP contribution in [0.3, 0.4) is 0 Å². The minimum atomic E-state index is 0.0124. The maximum absolute atomic E-state index is 9.55. The molecule has 0 atom stereocenters. The van der Waals surface area contributed by atoms with Gasteiger partial charge < -0.3 is 16.6 Å². The van der Waals surface area contributed by atoms with Crippen molar-refractivity contribution >= 4 is 11.8 Å². The summed E-state index contributed by atoms with van der Waals surface area (Å²) in [4.78, 5) is 7.89. The maximum Gasteiger partial charge on any atom is 0.222 e. The highest BCUT2D eigenvalue weighted by Crippen LogP contribution is 2.33. The fraction of sp³-hybridized carbons (Fsp3) is 0.154. The normalized spacial score (nSPS) is 10.2. The van der Waals surface area contributed by atoms with Gasteiger partial charge in [-0.3, -0.25) is 0 Å². The van der Waals surface area contributed by atoms with E-state index in [1.807, 2.05) is 19.9 Å². The molecule has 19 heavy (non-hydrogen) atoms. The minimum absolute atomic E-state index is 0.0124. The summed E-state index contributed by atoms with van der Waals surface area (Å²) in [5.41, 5.74) is 14.2. The van der Waals surface area contributed by atoms with Crippen molar-refractivity contribution in [3.05, 3.63) is 28.8 Å². The summed E-state index contributed by atoms with van der Waals surface area (Å²) in [7, 11) is 0. The summed E-state index contributed by atoms with van der Waals surface area (Å²) in [5, 5.41) is 18.7. The van der Waals surface area contributed by atoms with Gasteiger partial charge in [-0.15, -0.1) is 0 Å². The smallest absolute Gasteiger partial charge is 0.222 e. The van der Waals surface area contributed by atoms with Crippen molar-refractivity contribution in [2.24, 2.45) is 0 Å². The summed E-state index contributed by atoms with van der Waals surface area (Å²) in [6.45, 7) is 3.63. The van der Waals surface area contributed by atoms with Crippen molar-refractivity contribution < 1.29 is 5.11 Å². The standard InChI is InChI=1S/C13H13N5O/c1-6-3-8(19)4-7(2)10(6)11-9(5-14)12(15)18-13(16)17-11/h3-4,19H,1-2H3,(H4,15,16,17,18). The highest BCUT2D eigenvalue weighted by Gasteiger charge is 2.17. The van der Waals surface area contributed by atoms with E-state index < -0.39 is 0 Å². The molecule has 2 rings (SSSR count). The number of nitrogens with two attached hydrogens (primary N) is 2. The number of aryl methyl sites for hydroxylation is 2. The monoisotopic (exact) mass is 255 g/mol. The van der Waals surface area contributed by atoms with Gasteiger partial charge in [0.1, 0.15) is 23.2 Å². The van der Waals surface area contributed by atoms with Gasteiger partial charge in [-0.2, -0.15) is 10.2 Å². The van der Waals surface area contributed by atoms with Crippen molar-refractivity contribution in [3.8, 4) is 23.1 Å². The van der Waals surface area contributed by atoms with Crippen LogP contribution in [0.4, 0.5) is 11.8 Å². The number of hydrogen-bond donors (Lipinski definition) is 3. The summed E-state index contributed by atoms with van der Waals surface area (Å²) >= 11 is 0. The Hall–Kier alpha value is -2.81. The average Bonchev–Trinajstić information content (AvgIpc) is 2.26. The van der Waals surface area contributed by atoms with E-state index in [4.69, 9.17) is 11.5 Å². The van der Waals surface area contributed by atoms with E-state index >= 15 is 0 Å². The Morgan fingerprint density at radius 3 is 2.26 bits per heavy atom. The first kappa shape index (κ1) is 12.6. The largest absolute Gasteiger partial charge is 0.508 e. The first-order chi connectivity index (χ1) is 8.93. The van der Waals surface area contributed by atoms with Crippen molar-refractivity contribution in [3.63, 3.8) is 0 Å². The van der Waals surface area contributed by atoms with Gasteiger partial charge in [-0.1, -0.05) is 0 Å². The number of benzene rings is 1. The number of phenolic OH excluding ortho intramolecular Hbond substituents is 1. The van der Waals surface area contributed by atoms with Crippen LogP contribution >= 0.6 is 0 Å². The Bertz CT molecular complexity index is 680. The zero-order valence-corrected chi connectivity index (χ0v) is 10.6. The molecular weight excluding hydrogens is 242 g/mol. The van der Waals surface area contributed by atoms with Crippen molar-refractivity contribution in [1.82, 2.24) is 9.97 Å². The molecule has 2 aromatic rings. The third-order valence-corrected chi connectivity index (χ3v) is 2.82. The molecule has 1 heterocycles. The average molecular weight is 255 g/mol. The Morgan fingerprint density at radius 2 is 1.74 bits per heavy atom. The molecule has 0 fully saturated rings. The molecule has 0 aliphatic carbocycles. The number of aromatic nitrogens is 2. The van der Waals surface area contributed by atoms with Crippen LogP contribution < -0.4 is 11.5 Å². The van der Waals surface area contributed by atoms with Crippen molar-refractivity contribution in [2.45, 2.75) is 13.8 Å².